The van der Waals surface area contributed by atoms with Crippen molar-refractivity contribution in [2.75, 3.05) is 6.54 Å². The molecule has 46 valence electrons. The third kappa shape index (κ3) is 0.222. The zero-order valence-corrected chi connectivity index (χ0v) is 5.33. The average molecular weight is 120 g/mol. The minimum atomic E-state index is 0.598. The predicted molar refractivity (Wildman–Crippen MR) is 31.2 cm³/mol. The van der Waals surface area contributed by atoms with Gasteiger partial charge in [-0.05, 0) is 17.3 Å². The Morgan fingerprint density at radius 3 is 2.56 bits per heavy atom. The van der Waals surface area contributed by atoms with Gasteiger partial charge in [-0.25, -0.2) is 0 Å². The van der Waals surface area contributed by atoms with Crippen molar-refractivity contribution < 1.29 is 0 Å². The summed E-state index contributed by atoms with van der Waals surface area (Å²) < 4.78 is 0. The summed E-state index contributed by atoms with van der Waals surface area (Å²) >= 11 is 0. The molecule has 2 unspecified atom stereocenters. The van der Waals surface area contributed by atoms with Crippen LogP contribution in [0.1, 0.15) is 6.92 Å². The molecular formula is C7H8N2. The SMILES string of the molecule is CC12CN(C#N)C3C1C32. The van der Waals surface area contributed by atoms with E-state index in [1.165, 1.54) is 0 Å². The standard InChI is InChI=1S/C7H8N2/c1-7-2-9(3-8)6-4(7)5(6)7/h4-6H,2H2,1H3. The van der Waals surface area contributed by atoms with Gasteiger partial charge in [0, 0.05) is 12.6 Å². The van der Waals surface area contributed by atoms with E-state index in [4.69, 9.17) is 5.26 Å². The van der Waals surface area contributed by atoms with Crippen molar-refractivity contribution in [2.24, 2.45) is 17.3 Å². The first-order valence-electron chi connectivity index (χ1n) is 3.45. The molecule has 0 spiro atoms. The molecule has 2 heteroatoms. The van der Waals surface area contributed by atoms with Crippen LogP contribution < -0.4 is 0 Å². The first-order valence-corrected chi connectivity index (χ1v) is 3.45. The van der Waals surface area contributed by atoms with Gasteiger partial charge in [-0.15, -0.1) is 0 Å². The summed E-state index contributed by atoms with van der Waals surface area (Å²) in [5.41, 5.74) is 0.598. The molecule has 2 saturated heterocycles. The predicted octanol–water partition coefficient (Wildman–Crippen LogP) is 0.418. The van der Waals surface area contributed by atoms with Gasteiger partial charge in [-0.2, -0.15) is 5.26 Å². The normalized spacial score (nSPS) is 64.9. The van der Waals surface area contributed by atoms with E-state index in [9.17, 15) is 0 Å². The molecule has 2 saturated carbocycles. The second-order valence-corrected chi connectivity index (χ2v) is 3.78. The second kappa shape index (κ2) is 0.775. The summed E-state index contributed by atoms with van der Waals surface area (Å²) in [7, 11) is 0. The van der Waals surface area contributed by atoms with Crippen LogP contribution in [0, 0.1) is 28.7 Å². The largest absolute Gasteiger partial charge is 0.306 e. The Labute approximate surface area is 54.1 Å². The number of nitrogens with zero attached hydrogens (tertiary/aromatic N) is 2. The van der Waals surface area contributed by atoms with Crippen LogP contribution >= 0.6 is 0 Å². The molecule has 0 N–H and O–H groups in total. The van der Waals surface area contributed by atoms with Crippen LogP contribution in [-0.4, -0.2) is 17.5 Å². The second-order valence-electron chi connectivity index (χ2n) is 3.78. The van der Waals surface area contributed by atoms with Crippen molar-refractivity contribution in [1.29, 1.82) is 5.26 Å². The Morgan fingerprint density at radius 1 is 1.67 bits per heavy atom. The molecule has 4 fully saturated rings. The Morgan fingerprint density at radius 2 is 2.33 bits per heavy atom. The van der Waals surface area contributed by atoms with Crippen LogP contribution in [0.5, 0.6) is 0 Å². The molecule has 2 heterocycles. The van der Waals surface area contributed by atoms with E-state index in [0.717, 1.165) is 18.4 Å². The lowest BCUT2D eigenvalue weighted by atomic mass is 10.0. The lowest BCUT2D eigenvalue weighted by Gasteiger charge is -2.01. The molecule has 2 bridgehead atoms. The fourth-order valence-corrected chi connectivity index (χ4v) is 2.77. The van der Waals surface area contributed by atoms with Crippen LogP contribution in [0.4, 0.5) is 0 Å². The van der Waals surface area contributed by atoms with Crippen molar-refractivity contribution in [3.05, 3.63) is 0 Å². The van der Waals surface area contributed by atoms with Crippen LogP contribution in [0.3, 0.4) is 0 Å². The highest BCUT2D eigenvalue weighted by Crippen LogP contribution is 2.83. The van der Waals surface area contributed by atoms with Crippen molar-refractivity contribution in [2.45, 2.75) is 13.0 Å². The molecule has 0 amide bonds. The van der Waals surface area contributed by atoms with E-state index in [2.05, 4.69) is 13.1 Å². The zero-order chi connectivity index (χ0) is 6.22. The van der Waals surface area contributed by atoms with Gasteiger partial charge in [-0.1, -0.05) is 6.92 Å². The third-order valence-corrected chi connectivity index (χ3v) is 3.40. The van der Waals surface area contributed by atoms with Gasteiger partial charge in [-0.3, -0.25) is 0 Å². The summed E-state index contributed by atoms with van der Waals surface area (Å²) in [6, 6.07) is 0.694. The van der Waals surface area contributed by atoms with Gasteiger partial charge < -0.3 is 4.90 Å². The van der Waals surface area contributed by atoms with Gasteiger partial charge in [0.25, 0.3) is 0 Å². The molecule has 2 nitrogen and oxygen atoms in total. The minimum absolute atomic E-state index is 0.598. The van der Waals surface area contributed by atoms with Gasteiger partial charge in [0.15, 0.2) is 6.19 Å². The molecule has 2 aliphatic heterocycles. The van der Waals surface area contributed by atoms with Crippen LogP contribution in [0.2, 0.25) is 0 Å². The average Bonchev–Trinajstić information content (AvgIpc) is 2.65. The first-order chi connectivity index (χ1) is 4.29. The van der Waals surface area contributed by atoms with Crippen LogP contribution in [-0.2, 0) is 0 Å². The van der Waals surface area contributed by atoms with E-state index in [1.54, 1.807) is 0 Å². The molecule has 4 aliphatic rings. The number of fused-ring (bicyclic) bond motifs is 1. The van der Waals surface area contributed by atoms with Crippen molar-refractivity contribution in [1.82, 2.24) is 4.90 Å². The molecule has 2 atom stereocenters. The number of rotatable bonds is 0. The van der Waals surface area contributed by atoms with Crippen molar-refractivity contribution in [3.8, 4) is 6.19 Å². The number of piperidine rings is 1. The quantitative estimate of drug-likeness (QED) is 0.433. The van der Waals surface area contributed by atoms with Gasteiger partial charge in [0.1, 0.15) is 0 Å². The summed E-state index contributed by atoms with van der Waals surface area (Å²) in [5, 5.41) is 8.57. The van der Waals surface area contributed by atoms with Crippen molar-refractivity contribution >= 4 is 0 Å². The molecule has 4 rings (SSSR count). The van der Waals surface area contributed by atoms with E-state index in [0.29, 0.717) is 11.5 Å². The third-order valence-electron chi connectivity index (χ3n) is 3.40. The Balaban J connectivity index is 1.99. The van der Waals surface area contributed by atoms with E-state index < -0.39 is 0 Å². The maximum absolute atomic E-state index is 8.57. The highest BCUT2D eigenvalue weighted by molar-refractivity contribution is 5.39. The number of hydrogen-bond donors (Lipinski definition) is 0. The molecule has 0 aromatic heterocycles. The fourth-order valence-electron chi connectivity index (χ4n) is 2.77. The Bertz CT molecular complexity index is 218. The molecule has 0 aromatic carbocycles. The molecule has 0 radical (unpaired) electrons. The van der Waals surface area contributed by atoms with Crippen molar-refractivity contribution in [3.63, 3.8) is 0 Å². The van der Waals surface area contributed by atoms with E-state index in [1.807, 2.05) is 4.90 Å². The van der Waals surface area contributed by atoms with Gasteiger partial charge >= 0.3 is 0 Å². The van der Waals surface area contributed by atoms with E-state index >= 15 is 0 Å². The molecule has 9 heavy (non-hydrogen) atoms. The lowest BCUT2D eigenvalue weighted by molar-refractivity contribution is 0.460. The Kier molecular flexibility index (Phi) is 0.358. The number of nitriles is 1. The highest BCUT2D eigenvalue weighted by atomic mass is 15.3. The monoisotopic (exact) mass is 120 g/mol. The Hall–Kier alpha value is -0.710. The molecule has 0 aromatic rings. The highest BCUT2D eigenvalue weighted by Gasteiger charge is 2.88. The topological polar surface area (TPSA) is 27.0 Å². The van der Waals surface area contributed by atoms with Crippen LogP contribution in [0.15, 0.2) is 0 Å². The minimum Gasteiger partial charge on any atom is -0.306 e. The summed E-state index contributed by atoms with van der Waals surface area (Å²) in [4.78, 5) is 1.95. The number of hydrogen-bond acceptors (Lipinski definition) is 2. The first kappa shape index (κ1) is 4.16. The zero-order valence-electron chi connectivity index (χ0n) is 5.33. The molecule has 2 aliphatic carbocycles. The maximum Gasteiger partial charge on any atom is 0.179 e. The smallest absolute Gasteiger partial charge is 0.179 e. The maximum atomic E-state index is 8.57. The summed E-state index contributed by atoms with van der Waals surface area (Å²) in [6.45, 7) is 3.35. The summed E-state index contributed by atoms with van der Waals surface area (Å²) in [5.74, 6) is 1.86. The van der Waals surface area contributed by atoms with Gasteiger partial charge in [0.2, 0.25) is 0 Å². The van der Waals surface area contributed by atoms with E-state index in [-0.39, 0.29) is 0 Å². The fraction of sp³-hybridized carbons (Fsp3) is 0.857. The molecular weight excluding hydrogens is 112 g/mol. The van der Waals surface area contributed by atoms with Crippen LogP contribution in [0.25, 0.3) is 0 Å². The summed E-state index contributed by atoms with van der Waals surface area (Å²) in [6.07, 6.45) is 2.23. The van der Waals surface area contributed by atoms with Gasteiger partial charge in [0.05, 0.1) is 0 Å². The lowest BCUT2D eigenvalue weighted by Crippen LogP contribution is -2.13.